The summed E-state index contributed by atoms with van der Waals surface area (Å²) in [5.74, 6) is -0.270. The summed E-state index contributed by atoms with van der Waals surface area (Å²) in [6, 6.07) is 10.9. The number of hydrogen-bond donors (Lipinski definition) is 2. The average molecular weight is 465 g/mol. The van der Waals surface area contributed by atoms with Crippen molar-refractivity contribution in [1.82, 2.24) is 4.98 Å². The van der Waals surface area contributed by atoms with Crippen molar-refractivity contribution >= 4 is 40.0 Å². The van der Waals surface area contributed by atoms with Gasteiger partial charge in [-0.1, -0.05) is 17.7 Å². The van der Waals surface area contributed by atoms with Gasteiger partial charge in [0.25, 0.3) is 0 Å². The van der Waals surface area contributed by atoms with E-state index < -0.39 is 5.97 Å². The smallest absolute Gasteiger partial charge is 0.337 e. The molecular weight excluding hydrogens is 440 g/mol. The summed E-state index contributed by atoms with van der Waals surface area (Å²) in [6.07, 6.45) is 0. The second kappa shape index (κ2) is 9.26. The topological polar surface area (TPSA) is 98.5 Å². The van der Waals surface area contributed by atoms with E-state index in [1.807, 2.05) is 32.9 Å². The Morgan fingerprint density at radius 1 is 1.27 bits per heavy atom. The Hall–Kier alpha value is -3.34. The summed E-state index contributed by atoms with van der Waals surface area (Å²) in [5, 5.41) is 24.1. The van der Waals surface area contributed by atoms with Crippen LogP contribution in [0.3, 0.4) is 0 Å². The molecule has 0 amide bonds. The molecule has 3 aromatic rings. The Kier molecular flexibility index (Phi) is 6.41. The Balaban J connectivity index is 1.85. The number of pyridine rings is 1. The van der Waals surface area contributed by atoms with Crippen molar-refractivity contribution in [2.24, 2.45) is 0 Å². The number of anilines is 2. The first kappa shape index (κ1) is 22.8. The number of morpholine rings is 1. The minimum Gasteiger partial charge on any atom is -0.478 e. The van der Waals surface area contributed by atoms with Crippen molar-refractivity contribution in [1.29, 1.82) is 5.26 Å². The van der Waals surface area contributed by atoms with Gasteiger partial charge in [0, 0.05) is 40.3 Å². The van der Waals surface area contributed by atoms with Gasteiger partial charge in [0.2, 0.25) is 0 Å². The fraction of sp³-hybridized carbons (Fsp3) is 0.320. The number of hydrogen-bond acceptors (Lipinski definition) is 6. The summed E-state index contributed by atoms with van der Waals surface area (Å²) in [7, 11) is 0. The number of nitrogens with one attached hydrogen (secondary N) is 1. The lowest BCUT2D eigenvalue weighted by Gasteiger charge is -2.30. The molecule has 7 nitrogen and oxygen atoms in total. The fourth-order valence-corrected chi connectivity index (χ4v) is 4.49. The number of aryl methyl sites for hydroxylation is 1. The van der Waals surface area contributed by atoms with Gasteiger partial charge in [-0.25, -0.2) is 9.78 Å². The number of carboxylic acid groups (broad SMARTS) is 1. The third-order valence-electron chi connectivity index (χ3n) is 5.95. The van der Waals surface area contributed by atoms with Gasteiger partial charge in [-0.2, -0.15) is 5.26 Å². The average Bonchev–Trinajstić information content (AvgIpc) is 2.79. The van der Waals surface area contributed by atoms with E-state index >= 15 is 0 Å². The maximum atomic E-state index is 11.7. The van der Waals surface area contributed by atoms with Crippen LogP contribution in [0.5, 0.6) is 0 Å². The zero-order chi connectivity index (χ0) is 23.7. The second-order valence-corrected chi connectivity index (χ2v) is 8.69. The molecule has 1 aromatic heterocycles. The van der Waals surface area contributed by atoms with E-state index in [2.05, 4.69) is 16.3 Å². The van der Waals surface area contributed by atoms with Crippen molar-refractivity contribution in [2.75, 3.05) is 36.5 Å². The number of aromatic nitrogens is 1. The van der Waals surface area contributed by atoms with E-state index in [1.165, 1.54) is 6.07 Å². The van der Waals surface area contributed by atoms with Crippen molar-refractivity contribution in [2.45, 2.75) is 26.8 Å². The molecule has 2 N–H and O–H groups in total. The largest absolute Gasteiger partial charge is 0.478 e. The highest BCUT2D eigenvalue weighted by Crippen LogP contribution is 2.35. The molecular formula is C25H25ClN4O3. The summed E-state index contributed by atoms with van der Waals surface area (Å²) in [5.41, 5.74) is 4.65. The number of ether oxygens (including phenoxy) is 1. The van der Waals surface area contributed by atoms with E-state index in [0.29, 0.717) is 42.6 Å². The first-order chi connectivity index (χ1) is 15.8. The van der Waals surface area contributed by atoms with Gasteiger partial charge in [0.15, 0.2) is 0 Å². The van der Waals surface area contributed by atoms with E-state index in [4.69, 9.17) is 21.3 Å². The molecule has 0 spiro atoms. The molecule has 1 fully saturated rings. The van der Waals surface area contributed by atoms with Crippen LogP contribution in [0.1, 0.15) is 45.6 Å². The zero-order valence-electron chi connectivity index (χ0n) is 18.8. The van der Waals surface area contributed by atoms with Crippen LogP contribution in [0.25, 0.3) is 10.9 Å². The predicted octanol–water partition coefficient (Wildman–Crippen LogP) is 5.08. The highest BCUT2D eigenvalue weighted by Gasteiger charge is 2.23. The maximum absolute atomic E-state index is 11.7. The molecule has 0 saturated carbocycles. The maximum Gasteiger partial charge on any atom is 0.337 e. The second-order valence-electron chi connectivity index (χ2n) is 8.26. The van der Waals surface area contributed by atoms with Crippen LogP contribution in [-0.2, 0) is 4.74 Å². The minimum atomic E-state index is -1.06. The van der Waals surface area contributed by atoms with Crippen molar-refractivity contribution in [3.05, 3.63) is 63.2 Å². The molecule has 0 unspecified atom stereocenters. The summed E-state index contributed by atoms with van der Waals surface area (Å²) >= 11 is 6.01. The molecule has 8 heteroatoms. The fourth-order valence-electron chi connectivity index (χ4n) is 4.31. The van der Waals surface area contributed by atoms with E-state index in [0.717, 1.165) is 33.4 Å². The highest BCUT2D eigenvalue weighted by molar-refractivity contribution is 6.31. The van der Waals surface area contributed by atoms with Crippen LogP contribution in [0.2, 0.25) is 5.02 Å². The minimum absolute atomic E-state index is 0.0989. The zero-order valence-corrected chi connectivity index (χ0v) is 19.5. The molecule has 0 bridgehead atoms. The molecule has 2 heterocycles. The number of halogens is 1. The van der Waals surface area contributed by atoms with Gasteiger partial charge < -0.3 is 20.1 Å². The number of carbonyl (C=O) groups is 1. The van der Waals surface area contributed by atoms with Gasteiger partial charge in [-0.05, 0) is 50.6 Å². The first-order valence-electron chi connectivity index (χ1n) is 10.8. The van der Waals surface area contributed by atoms with Crippen LogP contribution in [0.15, 0.2) is 30.3 Å². The van der Waals surface area contributed by atoms with E-state index in [-0.39, 0.29) is 11.6 Å². The Morgan fingerprint density at radius 2 is 2.00 bits per heavy atom. The van der Waals surface area contributed by atoms with E-state index in [9.17, 15) is 15.2 Å². The lowest BCUT2D eigenvalue weighted by atomic mass is 9.95. The number of benzene rings is 2. The number of nitrogens with zero attached hydrogens (tertiary/aromatic N) is 3. The Bertz CT molecular complexity index is 1280. The van der Waals surface area contributed by atoms with Gasteiger partial charge >= 0.3 is 5.97 Å². The molecule has 1 aliphatic heterocycles. The predicted molar refractivity (Wildman–Crippen MR) is 129 cm³/mol. The Labute approximate surface area is 197 Å². The standard InChI is InChI=1S/C25H25ClN4O3/c1-14-10-18(16(3)28-22-5-4-17(26)12-20(22)25(31)32)23-19(11-14)21(13-27)15(2)24(29-23)30-6-8-33-9-7-30/h4-5,10-12,16,28H,6-9H2,1-3H3,(H,31,32)/t16-/m1/s1. The highest BCUT2D eigenvalue weighted by atomic mass is 35.5. The molecule has 0 aliphatic carbocycles. The SMILES string of the molecule is Cc1cc([C@@H](C)Nc2ccc(Cl)cc2C(=O)O)c2nc(N3CCOCC3)c(C)c(C#N)c2c1. The summed E-state index contributed by atoms with van der Waals surface area (Å²) in [4.78, 5) is 18.9. The summed E-state index contributed by atoms with van der Waals surface area (Å²) in [6.45, 7) is 8.54. The van der Waals surface area contributed by atoms with Crippen LogP contribution < -0.4 is 10.2 Å². The van der Waals surface area contributed by atoms with Gasteiger partial charge in [0.05, 0.1) is 35.9 Å². The number of nitriles is 1. The first-order valence-corrected chi connectivity index (χ1v) is 11.1. The molecule has 2 aromatic carbocycles. The molecule has 4 rings (SSSR count). The van der Waals surface area contributed by atoms with Gasteiger partial charge in [-0.3, -0.25) is 0 Å². The van der Waals surface area contributed by atoms with Crippen LogP contribution in [0.4, 0.5) is 11.5 Å². The van der Waals surface area contributed by atoms with Crippen LogP contribution >= 0.6 is 11.6 Å². The van der Waals surface area contributed by atoms with Crippen LogP contribution in [-0.4, -0.2) is 42.4 Å². The summed E-state index contributed by atoms with van der Waals surface area (Å²) < 4.78 is 5.49. The van der Waals surface area contributed by atoms with Crippen LogP contribution in [0, 0.1) is 25.2 Å². The number of fused-ring (bicyclic) bond motifs is 1. The van der Waals surface area contributed by atoms with Crippen molar-refractivity contribution < 1.29 is 14.6 Å². The van der Waals surface area contributed by atoms with Gasteiger partial charge in [0.1, 0.15) is 11.9 Å². The third kappa shape index (κ3) is 4.45. The lowest BCUT2D eigenvalue weighted by Crippen LogP contribution is -2.37. The monoisotopic (exact) mass is 464 g/mol. The normalized spacial score (nSPS) is 14.7. The molecule has 1 atom stereocenters. The van der Waals surface area contributed by atoms with E-state index in [1.54, 1.807) is 12.1 Å². The number of carboxylic acids is 1. The third-order valence-corrected chi connectivity index (χ3v) is 6.19. The van der Waals surface area contributed by atoms with Crippen molar-refractivity contribution in [3.8, 4) is 6.07 Å². The molecule has 170 valence electrons. The molecule has 33 heavy (non-hydrogen) atoms. The molecule has 0 radical (unpaired) electrons. The molecule has 1 saturated heterocycles. The lowest BCUT2D eigenvalue weighted by molar-refractivity contribution is 0.0698. The number of aromatic carboxylic acids is 1. The van der Waals surface area contributed by atoms with Crippen molar-refractivity contribution in [3.63, 3.8) is 0 Å². The molecule has 1 aliphatic rings. The van der Waals surface area contributed by atoms with Gasteiger partial charge in [-0.15, -0.1) is 0 Å². The number of rotatable bonds is 5. The quantitative estimate of drug-likeness (QED) is 0.542. The Morgan fingerprint density at radius 3 is 2.67 bits per heavy atom.